The number of carbonyl (C=O) groups excluding carboxylic acids is 2. The van der Waals surface area contributed by atoms with Crippen molar-refractivity contribution in [1.82, 2.24) is 14.8 Å². The Hall–Kier alpha value is -2.15. The number of hydrogen-bond donors (Lipinski definition) is 0. The molecule has 0 saturated carbocycles. The molecule has 0 aliphatic carbocycles. The lowest BCUT2D eigenvalue weighted by molar-refractivity contribution is -0.127. The molecule has 1 saturated heterocycles. The Bertz CT molecular complexity index is 695. The van der Waals surface area contributed by atoms with Crippen molar-refractivity contribution in [3.8, 4) is 10.8 Å². The van der Waals surface area contributed by atoms with Gasteiger partial charge in [-0.05, 0) is 24.5 Å². The Balaban J connectivity index is 1.61. The number of hydrogen-bond acceptors (Lipinski definition) is 5. The Morgan fingerprint density at radius 3 is 3.00 bits per heavy atom. The zero-order valence-corrected chi connectivity index (χ0v) is 14.0. The summed E-state index contributed by atoms with van der Waals surface area (Å²) in [7, 11) is 1.80. The Kier molecular flexibility index (Phi) is 4.47. The average Bonchev–Trinajstić information content (AvgIpc) is 3.26. The predicted octanol–water partition coefficient (Wildman–Crippen LogP) is 2.34. The molecule has 3 heterocycles. The summed E-state index contributed by atoms with van der Waals surface area (Å²) in [5.74, 6) is 1.07. The van der Waals surface area contributed by atoms with Crippen molar-refractivity contribution in [2.24, 2.45) is 5.92 Å². The van der Waals surface area contributed by atoms with Gasteiger partial charge in [0.15, 0.2) is 10.8 Å². The van der Waals surface area contributed by atoms with E-state index in [1.54, 1.807) is 37.4 Å². The molecule has 1 unspecified atom stereocenters. The molecular weight excluding hydrogens is 314 g/mol. The SMILES string of the molecule is CC(=O)N1CCC(CN(C)C(=O)c2cnc(-c3ccco3)s2)C1. The van der Waals surface area contributed by atoms with Gasteiger partial charge in [0.1, 0.15) is 4.88 Å². The van der Waals surface area contributed by atoms with Gasteiger partial charge in [-0.1, -0.05) is 0 Å². The van der Waals surface area contributed by atoms with E-state index >= 15 is 0 Å². The summed E-state index contributed by atoms with van der Waals surface area (Å²) in [5, 5.41) is 0.704. The van der Waals surface area contributed by atoms with E-state index in [0.717, 1.165) is 19.5 Å². The molecule has 0 spiro atoms. The molecule has 2 aromatic heterocycles. The number of amides is 2. The second kappa shape index (κ2) is 6.54. The summed E-state index contributed by atoms with van der Waals surface area (Å²) in [6.07, 6.45) is 4.13. The molecule has 0 aromatic carbocycles. The second-order valence-corrected chi connectivity index (χ2v) is 6.84. The van der Waals surface area contributed by atoms with E-state index in [0.29, 0.717) is 28.1 Å². The Morgan fingerprint density at radius 1 is 1.52 bits per heavy atom. The largest absolute Gasteiger partial charge is 0.462 e. The van der Waals surface area contributed by atoms with Crippen molar-refractivity contribution >= 4 is 23.2 Å². The molecule has 1 aliphatic heterocycles. The molecule has 1 atom stereocenters. The van der Waals surface area contributed by atoms with Crippen molar-refractivity contribution in [2.75, 3.05) is 26.7 Å². The number of furan rings is 1. The van der Waals surface area contributed by atoms with Crippen LogP contribution >= 0.6 is 11.3 Å². The van der Waals surface area contributed by atoms with Crippen molar-refractivity contribution in [1.29, 1.82) is 0 Å². The predicted molar refractivity (Wildman–Crippen MR) is 87.1 cm³/mol. The molecule has 0 N–H and O–H groups in total. The fraction of sp³-hybridized carbons (Fsp3) is 0.438. The van der Waals surface area contributed by atoms with E-state index in [1.807, 2.05) is 11.0 Å². The van der Waals surface area contributed by atoms with Crippen LogP contribution in [0.15, 0.2) is 29.0 Å². The summed E-state index contributed by atoms with van der Waals surface area (Å²) >= 11 is 1.33. The highest BCUT2D eigenvalue weighted by molar-refractivity contribution is 7.16. The number of carbonyl (C=O) groups is 2. The normalized spacial score (nSPS) is 17.5. The maximum absolute atomic E-state index is 12.5. The van der Waals surface area contributed by atoms with Crippen LogP contribution in [0, 0.1) is 5.92 Å². The van der Waals surface area contributed by atoms with Crippen LogP contribution in [0.2, 0.25) is 0 Å². The molecule has 122 valence electrons. The molecule has 7 heteroatoms. The summed E-state index contributed by atoms with van der Waals surface area (Å²) in [6, 6.07) is 3.62. The van der Waals surface area contributed by atoms with E-state index in [-0.39, 0.29) is 11.8 Å². The van der Waals surface area contributed by atoms with Gasteiger partial charge in [0, 0.05) is 33.6 Å². The van der Waals surface area contributed by atoms with Crippen LogP contribution in [-0.2, 0) is 4.79 Å². The molecule has 2 aromatic rings. The number of aromatic nitrogens is 1. The van der Waals surface area contributed by atoms with Gasteiger partial charge in [-0.25, -0.2) is 4.98 Å². The molecule has 2 amide bonds. The van der Waals surface area contributed by atoms with Gasteiger partial charge >= 0.3 is 0 Å². The highest BCUT2D eigenvalue weighted by Crippen LogP contribution is 2.26. The van der Waals surface area contributed by atoms with E-state index < -0.39 is 0 Å². The molecule has 1 aliphatic rings. The standard InChI is InChI=1S/C16H19N3O3S/c1-11(20)19-6-5-12(10-19)9-18(2)16(21)14-8-17-15(23-14)13-4-3-7-22-13/h3-4,7-8,12H,5-6,9-10H2,1-2H3. The van der Waals surface area contributed by atoms with Crippen molar-refractivity contribution in [3.63, 3.8) is 0 Å². The molecule has 23 heavy (non-hydrogen) atoms. The number of rotatable bonds is 4. The molecule has 0 radical (unpaired) electrons. The maximum Gasteiger partial charge on any atom is 0.265 e. The van der Waals surface area contributed by atoms with Crippen molar-refractivity contribution < 1.29 is 14.0 Å². The quantitative estimate of drug-likeness (QED) is 0.861. The highest BCUT2D eigenvalue weighted by Gasteiger charge is 2.27. The van der Waals surface area contributed by atoms with Crippen LogP contribution in [-0.4, -0.2) is 53.3 Å². The molecule has 3 rings (SSSR count). The van der Waals surface area contributed by atoms with Gasteiger partial charge in [-0.2, -0.15) is 0 Å². The molecule has 1 fully saturated rings. The zero-order chi connectivity index (χ0) is 16.4. The fourth-order valence-electron chi connectivity index (χ4n) is 2.81. The van der Waals surface area contributed by atoms with Crippen molar-refractivity contribution in [3.05, 3.63) is 29.5 Å². The van der Waals surface area contributed by atoms with E-state index in [2.05, 4.69) is 4.98 Å². The summed E-state index contributed by atoms with van der Waals surface area (Å²) < 4.78 is 5.30. The van der Waals surface area contributed by atoms with E-state index in [1.165, 1.54) is 11.3 Å². The van der Waals surface area contributed by atoms with Crippen LogP contribution in [0.5, 0.6) is 0 Å². The third-order valence-corrected chi connectivity index (χ3v) is 5.06. The van der Waals surface area contributed by atoms with E-state index in [4.69, 9.17) is 4.42 Å². The van der Waals surface area contributed by atoms with Crippen LogP contribution in [0.25, 0.3) is 10.8 Å². The van der Waals surface area contributed by atoms with E-state index in [9.17, 15) is 9.59 Å². The van der Waals surface area contributed by atoms with Crippen LogP contribution in [0.4, 0.5) is 0 Å². The molecular formula is C16H19N3O3S. The summed E-state index contributed by atoms with van der Waals surface area (Å²) in [5.41, 5.74) is 0. The zero-order valence-electron chi connectivity index (χ0n) is 13.2. The average molecular weight is 333 g/mol. The molecule has 6 nitrogen and oxygen atoms in total. The number of likely N-dealkylation sites (tertiary alicyclic amines) is 1. The monoisotopic (exact) mass is 333 g/mol. The first-order chi connectivity index (χ1) is 11.0. The summed E-state index contributed by atoms with van der Waals surface area (Å²) in [4.78, 5) is 32.3. The van der Waals surface area contributed by atoms with Crippen LogP contribution in [0.1, 0.15) is 23.0 Å². The number of nitrogens with zero attached hydrogens (tertiary/aromatic N) is 3. The van der Waals surface area contributed by atoms with Gasteiger partial charge in [-0.15, -0.1) is 11.3 Å². The second-order valence-electron chi connectivity index (χ2n) is 5.81. The van der Waals surface area contributed by atoms with Crippen LogP contribution < -0.4 is 0 Å². The Labute approximate surface area is 138 Å². The topological polar surface area (TPSA) is 66.7 Å². The first-order valence-electron chi connectivity index (χ1n) is 7.55. The minimum absolute atomic E-state index is 0.0402. The Morgan fingerprint density at radius 2 is 2.35 bits per heavy atom. The van der Waals surface area contributed by atoms with Gasteiger partial charge in [0.2, 0.25) is 5.91 Å². The minimum Gasteiger partial charge on any atom is -0.462 e. The van der Waals surface area contributed by atoms with Gasteiger partial charge < -0.3 is 14.2 Å². The first kappa shape index (κ1) is 15.7. The number of thiazole rings is 1. The maximum atomic E-state index is 12.5. The summed E-state index contributed by atoms with van der Waals surface area (Å²) in [6.45, 7) is 3.75. The van der Waals surface area contributed by atoms with Gasteiger partial charge in [0.25, 0.3) is 5.91 Å². The first-order valence-corrected chi connectivity index (χ1v) is 8.37. The van der Waals surface area contributed by atoms with Crippen molar-refractivity contribution in [2.45, 2.75) is 13.3 Å². The van der Waals surface area contributed by atoms with Gasteiger partial charge in [0.05, 0.1) is 12.5 Å². The molecule has 0 bridgehead atoms. The smallest absolute Gasteiger partial charge is 0.265 e. The third kappa shape index (κ3) is 3.44. The van der Waals surface area contributed by atoms with Crippen LogP contribution in [0.3, 0.4) is 0 Å². The third-order valence-electron chi connectivity index (χ3n) is 4.06. The lowest BCUT2D eigenvalue weighted by Gasteiger charge is -2.20. The fourth-order valence-corrected chi connectivity index (χ4v) is 3.69. The lowest BCUT2D eigenvalue weighted by Crippen LogP contribution is -2.33. The lowest BCUT2D eigenvalue weighted by atomic mass is 10.1. The minimum atomic E-state index is -0.0402. The van der Waals surface area contributed by atoms with Gasteiger partial charge in [-0.3, -0.25) is 9.59 Å². The highest BCUT2D eigenvalue weighted by atomic mass is 32.1.